The number of hydroxylamine groups is 1. The monoisotopic (exact) mass is 593 g/mol. The number of likely N-dealkylation sites (tertiary alicyclic amines) is 1. The molecular formula is C34H47N3O6. The number of anilines is 1. The van der Waals surface area contributed by atoms with Gasteiger partial charge in [-0.2, -0.15) is 0 Å². The fourth-order valence-corrected chi connectivity index (χ4v) is 7.66. The normalized spacial score (nSPS) is 28.4. The van der Waals surface area contributed by atoms with Crippen LogP contribution in [0.15, 0.2) is 48.5 Å². The van der Waals surface area contributed by atoms with Gasteiger partial charge in [0.05, 0.1) is 18.8 Å². The summed E-state index contributed by atoms with van der Waals surface area (Å²) >= 11 is 0. The Morgan fingerprint density at radius 3 is 2.28 bits per heavy atom. The second-order valence-corrected chi connectivity index (χ2v) is 13.9. The highest BCUT2D eigenvalue weighted by Crippen LogP contribution is 2.53. The second kappa shape index (κ2) is 13.4. The van der Waals surface area contributed by atoms with Gasteiger partial charge in [-0.05, 0) is 66.2 Å². The highest BCUT2D eigenvalue weighted by Gasteiger charge is 2.50. The maximum atomic E-state index is 12.4. The zero-order chi connectivity index (χ0) is 30.6. The lowest BCUT2D eigenvalue weighted by molar-refractivity contribution is -0.253. The number of amides is 2. The van der Waals surface area contributed by atoms with Crippen LogP contribution in [0.25, 0.3) is 0 Å². The first-order valence-electron chi connectivity index (χ1n) is 15.6. The standard InChI is InChI=1S/C34H47N3O6/c1-33(2)17-27-18-34(3,21-33)22-37(27)19-28-16-29(24-10-8-23(20-38)9-11-24)43-32(42-28)25-12-14-26(15-13-25)35-30(39)6-4-5-7-31(40)36-41/h8-15,27-29,32,38,41H,4-7,16-22H2,1-3H3,(H,35,39)(H,36,40)/t27?,28-,29+,32+,34?/m1/s1. The first-order chi connectivity index (χ1) is 20.5. The highest BCUT2D eigenvalue weighted by molar-refractivity contribution is 5.90. The van der Waals surface area contributed by atoms with Crippen molar-refractivity contribution < 1.29 is 29.4 Å². The van der Waals surface area contributed by atoms with E-state index in [1.54, 1.807) is 5.48 Å². The third-order valence-electron chi connectivity index (χ3n) is 9.23. The van der Waals surface area contributed by atoms with Crippen molar-refractivity contribution in [1.82, 2.24) is 10.4 Å². The van der Waals surface area contributed by atoms with E-state index in [1.807, 2.05) is 48.5 Å². The van der Waals surface area contributed by atoms with Crippen LogP contribution in [-0.2, 0) is 25.7 Å². The van der Waals surface area contributed by atoms with Crippen LogP contribution in [0.5, 0.6) is 0 Å². The zero-order valence-corrected chi connectivity index (χ0v) is 25.7. The van der Waals surface area contributed by atoms with E-state index in [9.17, 15) is 14.7 Å². The topological polar surface area (TPSA) is 120 Å². The number of fused-ring (bicyclic) bond motifs is 2. The number of aliphatic hydroxyl groups excluding tert-OH is 1. The second-order valence-electron chi connectivity index (χ2n) is 13.9. The molecule has 1 aliphatic carbocycles. The predicted octanol–water partition coefficient (Wildman–Crippen LogP) is 5.63. The number of nitrogens with one attached hydrogen (secondary N) is 2. The molecule has 2 heterocycles. The molecule has 43 heavy (non-hydrogen) atoms. The Balaban J connectivity index is 1.25. The molecule has 0 aromatic heterocycles. The molecule has 2 saturated heterocycles. The van der Waals surface area contributed by atoms with Gasteiger partial charge < -0.3 is 19.9 Å². The van der Waals surface area contributed by atoms with Crippen LogP contribution < -0.4 is 10.8 Å². The Hall–Kier alpha value is -2.82. The van der Waals surface area contributed by atoms with Gasteiger partial charge in [-0.15, -0.1) is 0 Å². The SMILES string of the molecule is CC1(C)CC2CC(C)(CN2C[C@H]2C[C@@H](c3ccc(CO)cc3)O[C@@H](c3ccc(NC(=O)CCCCC(=O)NO)cc3)O2)C1. The average molecular weight is 594 g/mol. The van der Waals surface area contributed by atoms with Gasteiger partial charge in [-0.3, -0.25) is 19.7 Å². The van der Waals surface area contributed by atoms with Gasteiger partial charge in [0, 0.05) is 49.6 Å². The first-order valence-corrected chi connectivity index (χ1v) is 15.6. The molecule has 2 aromatic carbocycles. The molecule has 0 radical (unpaired) electrons. The summed E-state index contributed by atoms with van der Waals surface area (Å²) in [6.07, 6.45) is 5.35. The van der Waals surface area contributed by atoms with Gasteiger partial charge in [0.25, 0.3) is 0 Å². The molecule has 2 amide bonds. The third-order valence-corrected chi connectivity index (χ3v) is 9.23. The summed E-state index contributed by atoms with van der Waals surface area (Å²) in [5.41, 5.74) is 5.84. The van der Waals surface area contributed by atoms with Crippen molar-refractivity contribution in [2.24, 2.45) is 10.8 Å². The Bertz CT molecular complexity index is 1250. The first kappa shape index (κ1) is 31.6. The van der Waals surface area contributed by atoms with Gasteiger partial charge in [0.2, 0.25) is 11.8 Å². The van der Waals surface area contributed by atoms with Gasteiger partial charge in [-0.25, -0.2) is 5.48 Å². The lowest BCUT2D eigenvalue weighted by atomic mass is 9.65. The van der Waals surface area contributed by atoms with Gasteiger partial charge in [-0.1, -0.05) is 57.2 Å². The van der Waals surface area contributed by atoms with E-state index in [4.69, 9.17) is 14.7 Å². The van der Waals surface area contributed by atoms with Crippen LogP contribution in [0.1, 0.15) is 101 Å². The number of carbonyl (C=O) groups is 2. The van der Waals surface area contributed by atoms with Crippen LogP contribution in [0.3, 0.4) is 0 Å². The summed E-state index contributed by atoms with van der Waals surface area (Å²) in [5.74, 6) is -0.572. The van der Waals surface area contributed by atoms with Crippen LogP contribution in [-0.4, -0.2) is 52.3 Å². The molecule has 3 fully saturated rings. The Morgan fingerprint density at radius 1 is 0.930 bits per heavy atom. The number of hydrogen-bond acceptors (Lipinski definition) is 7. The van der Waals surface area contributed by atoms with Gasteiger partial charge >= 0.3 is 0 Å². The van der Waals surface area contributed by atoms with Crippen molar-refractivity contribution in [3.63, 3.8) is 0 Å². The molecule has 5 rings (SSSR count). The molecule has 1 saturated carbocycles. The van der Waals surface area contributed by atoms with Crippen molar-refractivity contribution in [2.75, 3.05) is 18.4 Å². The number of aliphatic hydroxyl groups is 1. The smallest absolute Gasteiger partial charge is 0.243 e. The highest BCUT2D eigenvalue weighted by atomic mass is 16.7. The number of benzene rings is 2. The molecule has 9 heteroatoms. The molecule has 5 atom stereocenters. The summed E-state index contributed by atoms with van der Waals surface area (Å²) in [6, 6.07) is 16.1. The molecule has 4 N–H and O–H groups in total. The van der Waals surface area contributed by atoms with Crippen LogP contribution in [0.2, 0.25) is 0 Å². The van der Waals surface area contributed by atoms with E-state index < -0.39 is 12.2 Å². The number of carbonyl (C=O) groups excluding carboxylic acids is 2. The quantitative estimate of drug-likeness (QED) is 0.151. The summed E-state index contributed by atoms with van der Waals surface area (Å²) in [5, 5.41) is 21.0. The van der Waals surface area contributed by atoms with E-state index in [0.717, 1.165) is 36.2 Å². The summed E-state index contributed by atoms with van der Waals surface area (Å²) in [7, 11) is 0. The lowest BCUT2D eigenvalue weighted by Crippen LogP contribution is -2.42. The maximum absolute atomic E-state index is 12.4. The van der Waals surface area contributed by atoms with E-state index in [2.05, 4.69) is 31.0 Å². The van der Waals surface area contributed by atoms with E-state index in [1.165, 1.54) is 19.3 Å². The zero-order valence-electron chi connectivity index (χ0n) is 25.7. The fourth-order valence-electron chi connectivity index (χ4n) is 7.66. The minimum atomic E-state index is -0.544. The van der Waals surface area contributed by atoms with Gasteiger partial charge in [0.15, 0.2) is 6.29 Å². The molecule has 9 nitrogen and oxygen atoms in total. The largest absolute Gasteiger partial charge is 0.392 e. The Kier molecular flexibility index (Phi) is 9.88. The molecule has 2 aliphatic heterocycles. The van der Waals surface area contributed by atoms with Crippen molar-refractivity contribution >= 4 is 17.5 Å². The maximum Gasteiger partial charge on any atom is 0.243 e. The number of unbranched alkanes of at least 4 members (excludes halogenated alkanes) is 1. The van der Waals surface area contributed by atoms with Crippen molar-refractivity contribution in [1.29, 1.82) is 0 Å². The molecule has 2 bridgehead atoms. The summed E-state index contributed by atoms with van der Waals surface area (Å²) in [6.45, 7) is 9.23. The number of rotatable bonds is 11. The number of ether oxygens (including phenoxy) is 2. The lowest BCUT2D eigenvalue weighted by Gasteiger charge is -2.41. The van der Waals surface area contributed by atoms with E-state index in [0.29, 0.717) is 41.8 Å². The molecule has 234 valence electrons. The van der Waals surface area contributed by atoms with E-state index >= 15 is 0 Å². The van der Waals surface area contributed by atoms with Crippen LogP contribution in [0, 0.1) is 10.8 Å². The minimum Gasteiger partial charge on any atom is -0.392 e. The molecule has 3 aliphatic rings. The van der Waals surface area contributed by atoms with Crippen LogP contribution >= 0.6 is 0 Å². The Labute approximate surface area is 254 Å². The average Bonchev–Trinajstić information content (AvgIpc) is 3.22. The van der Waals surface area contributed by atoms with Crippen LogP contribution in [0.4, 0.5) is 5.69 Å². The minimum absolute atomic E-state index is 0.000347. The Morgan fingerprint density at radius 2 is 1.60 bits per heavy atom. The predicted molar refractivity (Wildman–Crippen MR) is 163 cm³/mol. The van der Waals surface area contributed by atoms with Crippen molar-refractivity contribution in [2.45, 2.75) is 103 Å². The number of nitrogens with zero attached hydrogens (tertiary/aromatic N) is 1. The number of hydrogen-bond donors (Lipinski definition) is 4. The summed E-state index contributed by atoms with van der Waals surface area (Å²) < 4.78 is 13.2. The fraction of sp³-hybridized carbons (Fsp3) is 0.588. The molecule has 2 aromatic rings. The van der Waals surface area contributed by atoms with Crippen molar-refractivity contribution in [3.8, 4) is 0 Å². The van der Waals surface area contributed by atoms with Gasteiger partial charge in [0.1, 0.15) is 0 Å². The summed E-state index contributed by atoms with van der Waals surface area (Å²) in [4.78, 5) is 26.2. The molecule has 2 unspecified atom stereocenters. The van der Waals surface area contributed by atoms with E-state index in [-0.39, 0.29) is 31.1 Å². The van der Waals surface area contributed by atoms with Crippen molar-refractivity contribution in [3.05, 3.63) is 65.2 Å². The molecule has 0 spiro atoms. The third kappa shape index (κ3) is 8.22. The molecular weight excluding hydrogens is 546 g/mol.